The number of benzene rings is 1. The maximum absolute atomic E-state index is 12.3. The molecule has 1 heterocycles. The number of nitrogens with one attached hydrogen (secondary N) is 1. The Morgan fingerprint density at radius 1 is 1.44 bits per heavy atom. The van der Waals surface area contributed by atoms with Crippen molar-refractivity contribution < 1.29 is 37.0 Å². The molecule has 11 heteroatoms. The summed E-state index contributed by atoms with van der Waals surface area (Å²) < 4.78 is 45.8. The molecule has 1 unspecified atom stereocenters. The Hall–Kier alpha value is -2.43. The fourth-order valence-corrected chi connectivity index (χ4v) is 2.77. The minimum atomic E-state index is -4.78. The topological polar surface area (TPSA) is 91.3 Å². The zero-order valence-electron chi connectivity index (χ0n) is 13.2. The summed E-state index contributed by atoms with van der Waals surface area (Å²) in [6.45, 7) is 1.76. The quantitative estimate of drug-likeness (QED) is 0.611. The molecule has 0 radical (unpaired) electrons. The summed E-state index contributed by atoms with van der Waals surface area (Å²) >= 11 is 0.996. The lowest BCUT2D eigenvalue weighted by atomic mass is 10.2. The molecule has 1 aromatic carbocycles. The van der Waals surface area contributed by atoms with Gasteiger partial charge in [0.15, 0.2) is 13.0 Å². The molecule has 2 aromatic rings. The van der Waals surface area contributed by atoms with Crippen molar-refractivity contribution in [3.8, 4) is 11.7 Å². The van der Waals surface area contributed by atoms with Gasteiger partial charge in [0, 0.05) is 5.69 Å². The zero-order valence-corrected chi connectivity index (χ0v) is 14.0. The van der Waals surface area contributed by atoms with Crippen LogP contribution in [0.25, 0.3) is 0 Å². The van der Waals surface area contributed by atoms with E-state index in [2.05, 4.69) is 19.8 Å². The van der Waals surface area contributed by atoms with Gasteiger partial charge in [-0.05, 0) is 42.4 Å². The largest absolute Gasteiger partial charge is 0.573 e. The molecule has 0 aliphatic heterocycles. The van der Waals surface area contributed by atoms with Gasteiger partial charge in [0.2, 0.25) is 5.91 Å². The number of aromatic nitrogens is 2. The predicted octanol–water partition coefficient (Wildman–Crippen LogP) is 1.98. The lowest BCUT2D eigenvalue weighted by molar-refractivity contribution is -0.772. The van der Waals surface area contributed by atoms with Crippen molar-refractivity contribution in [2.45, 2.75) is 30.0 Å². The molecule has 1 N–H and O–H groups in total. The van der Waals surface area contributed by atoms with Crippen LogP contribution in [0, 0.1) is 0 Å². The first-order valence-corrected chi connectivity index (χ1v) is 7.94. The van der Waals surface area contributed by atoms with E-state index in [-0.39, 0.29) is 10.8 Å². The third-order valence-corrected chi connectivity index (χ3v) is 4.47. The zero-order chi connectivity index (χ0) is 18.6. The van der Waals surface area contributed by atoms with E-state index in [1.54, 1.807) is 6.92 Å². The summed E-state index contributed by atoms with van der Waals surface area (Å²) in [4.78, 5) is 12.3. The number of rotatable bonds is 6. The highest BCUT2D eigenvalue weighted by atomic mass is 32.2. The van der Waals surface area contributed by atoms with Crippen molar-refractivity contribution in [3.63, 3.8) is 0 Å². The standard InChI is InChI=1S/C14H14F3N3O4S/c1-3-10(25-12-13(22)24-19-20(12)2)11(21)18-8-4-6-9(7-5-8)23-14(15,16)17/h4-7,10H,3H2,1-2H3,(H-,18,19,21,22). The van der Waals surface area contributed by atoms with Crippen LogP contribution in [-0.4, -0.2) is 22.8 Å². The maximum Gasteiger partial charge on any atom is 0.573 e. The van der Waals surface area contributed by atoms with Crippen molar-refractivity contribution >= 4 is 23.4 Å². The fraction of sp³-hybridized carbons (Fsp3) is 0.357. The highest BCUT2D eigenvalue weighted by molar-refractivity contribution is 8.00. The van der Waals surface area contributed by atoms with Gasteiger partial charge in [-0.25, -0.2) is 0 Å². The van der Waals surface area contributed by atoms with E-state index in [0.717, 1.165) is 23.9 Å². The van der Waals surface area contributed by atoms with Crippen molar-refractivity contribution in [2.24, 2.45) is 7.05 Å². The lowest BCUT2D eigenvalue weighted by Crippen LogP contribution is -2.34. The Morgan fingerprint density at radius 3 is 2.56 bits per heavy atom. The minimum Gasteiger partial charge on any atom is -0.538 e. The van der Waals surface area contributed by atoms with E-state index in [1.807, 2.05) is 0 Å². The van der Waals surface area contributed by atoms with E-state index in [4.69, 9.17) is 0 Å². The third kappa shape index (κ3) is 5.28. The van der Waals surface area contributed by atoms with Gasteiger partial charge >= 0.3 is 6.36 Å². The summed E-state index contributed by atoms with van der Waals surface area (Å²) in [6.07, 6.45) is -4.37. The van der Waals surface area contributed by atoms with Gasteiger partial charge in [0.1, 0.15) is 5.75 Å². The molecule has 0 bridgehead atoms. The normalized spacial score (nSPS) is 12.7. The van der Waals surface area contributed by atoms with Gasteiger partial charge in [0.25, 0.3) is 5.03 Å². The number of hydrogen-bond donors (Lipinski definition) is 1. The van der Waals surface area contributed by atoms with Crippen molar-refractivity contribution in [1.82, 2.24) is 5.27 Å². The van der Waals surface area contributed by atoms with Crippen LogP contribution in [0.1, 0.15) is 13.3 Å². The fourth-order valence-electron chi connectivity index (χ4n) is 1.85. The Kier molecular flexibility index (Phi) is 5.77. The van der Waals surface area contributed by atoms with Crippen molar-refractivity contribution in [3.05, 3.63) is 24.3 Å². The Balaban J connectivity index is 2.02. The van der Waals surface area contributed by atoms with E-state index < -0.39 is 23.5 Å². The molecule has 0 aliphatic rings. The maximum atomic E-state index is 12.3. The third-order valence-electron chi connectivity index (χ3n) is 2.99. The highest BCUT2D eigenvalue weighted by Gasteiger charge is 2.31. The molecule has 0 fully saturated rings. The average Bonchev–Trinajstić information content (AvgIpc) is 2.84. The van der Waals surface area contributed by atoms with Crippen LogP contribution in [0.5, 0.6) is 11.7 Å². The van der Waals surface area contributed by atoms with Crippen LogP contribution >= 0.6 is 11.8 Å². The second-order valence-corrected chi connectivity index (χ2v) is 6.06. The molecular formula is C14H14F3N3O4S. The van der Waals surface area contributed by atoms with Crippen LogP contribution in [0.15, 0.2) is 33.8 Å². The highest BCUT2D eigenvalue weighted by Crippen LogP contribution is 2.29. The average molecular weight is 377 g/mol. The summed E-state index contributed by atoms with van der Waals surface area (Å²) in [6, 6.07) is 4.75. The molecule has 1 atom stereocenters. The lowest BCUT2D eigenvalue weighted by Gasteiger charge is -2.13. The number of anilines is 1. The Bertz CT molecular complexity index is 714. The molecule has 0 spiro atoms. The van der Waals surface area contributed by atoms with Crippen molar-refractivity contribution in [2.75, 3.05) is 5.32 Å². The molecule has 0 saturated carbocycles. The first kappa shape index (κ1) is 18.9. The van der Waals surface area contributed by atoms with Gasteiger partial charge in [-0.1, -0.05) is 11.6 Å². The van der Waals surface area contributed by atoms with Gasteiger partial charge in [-0.3, -0.25) is 4.79 Å². The van der Waals surface area contributed by atoms with Crippen LogP contribution in [0.4, 0.5) is 18.9 Å². The van der Waals surface area contributed by atoms with Gasteiger partial charge in [-0.2, -0.15) is 0 Å². The first-order chi connectivity index (χ1) is 11.7. The first-order valence-electron chi connectivity index (χ1n) is 7.06. The van der Waals surface area contributed by atoms with Crippen LogP contribution in [0.3, 0.4) is 0 Å². The summed E-state index contributed by atoms with van der Waals surface area (Å²) in [7, 11) is 1.51. The molecule has 2 rings (SSSR count). The molecule has 7 nitrogen and oxygen atoms in total. The molecule has 1 amide bonds. The molecule has 25 heavy (non-hydrogen) atoms. The number of ether oxygens (including phenoxy) is 1. The second kappa shape index (κ2) is 7.64. The van der Waals surface area contributed by atoms with Gasteiger partial charge in [-0.15, -0.1) is 13.2 Å². The Labute approximate surface area is 144 Å². The molecule has 136 valence electrons. The van der Waals surface area contributed by atoms with Crippen LogP contribution in [-0.2, 0) is 11.8 Å². The van der Waals surface area contributed by atoms with Gasteiger partial charge < -0.3 is 19.7 Å². The number of alkyl halides is 3. The molecular weight excluding hydrogens is 363 g/mol. The number of halogens is 3. The number of nitrogens with zero attached hydrogens (tertiary/aromatic N) is 2. The number of thioether (sulfide) groups is 1. The SMILES string of the molecule is CCC(Sc1c([O-])on[n+]1C)C(=O)Nc1ccc(OC(F)(F)F)cc1. The summed E-state index contributed by atoms with van der Waals surface area (Å²) in [5.74, 6) is -1.44. The van der Waals surface area contributed by atoms with Crippen molar-refractivity contribution in [1.29, 1.82) is 0 Å². The summed E-state index contributed by atoms with van der Waals surface area (Å²) in [5, 5.41) is 17.1. The van der Waals surface area contributed by atoms with E-state index >= 15 is 0 Å². The van der Waals surface area contributed by atoms with E-state index in [0.29, 0.717) is 12.1 Å². The smallest absolute Gasteiger partial charge is 0.538 e. The van der Waals surface area contributed by atoms with E-state index in [1.165, 1.54) is 23.9 Å². The number of hydrogen-bond acceptors (Lipinski definition) is 6. The number of carbonyl (C=O) groups excluding carboxylic acids is 1. The number of amides is 1. The number of carbonyl (C=O) groups is 1. The van der Waals surface area contributed by atoms with Crippen LogP contribution < -0.4 is 19.8 Å². The monoisotopic (exact) mass is 377 g/mol. The Morgan fingerprint density at radius 2 is 2.08 bits per heavy atom. The van der Waals surface area contributed by atoms with E-state index in [9.17, 15) is 23.1 Å². The summed E-state index contributed by atoms with van der Waals surface area (Å²) in [5.41, 5.74) is 0.301. The second-order valence-electron chi connectivity index (χ2n) is 4.87. The molecule has 1 aromatic heterocycles. The molecule has 0 aliphatic carbocycles. The minimum absolute atomic E-state index is 0.177. The predicted molar refractivity (Wildman–Crippen MR) is 78.8 cm³/mol. The number of aryl methyl sites for hydroxylation is 1. The van der Waals surface area contributed by atoms with Crippen LogP contribution in [0.2, 0.25) is 0 Å². The molecule has 0 saturated heterocycles. The van der Waals surface area contributed by atoms with Gasteiger partial charge in [0.05, 0.1) is 10.5 Å².